The van der Waals surface area contributed by atoms with Crippen molar-refractivity contribution >= 4 is 28.3 Å². The number of phenolic OH excluding ortho intramolecular Hbond substituents is 1. The second-order valence-corrected chi connectivity index (χ2v) is 8.68. The Morgan fingerprint density at radius 2 is 1.71 bits per heavy atom. The smallest absolute Gasteiger partial charge is 0.243 e. The van der Waals surface area contributed by atoms with E-state index in [0.29, 0.717) is 28.6 Å². The maximum absolute atomic E-state index is 13.3. The molecule has 1 saturated heterocycles. The molecule has 1 aliphatic heterocycles. The second-order valence-electron chi connectivity index (χ2n) is 8.68. The SMILES string of the molecule is Cc1ccc(C(=O)c2oc3ccccc3c2NC(=O)C2CC(c3cc(C)ccc3O)NN2)cc1. The summed E-state index contributed by atoms with van der Waals surface area (Å²) in [7, 11) is 0. The quantitative estimate of drug-likeness (QED) is 0.330. The monoisotopic (exact) mass is 455 g/mol. The van der Waals surface area contributed by atoms with E-state index < -0.39 is 6.04 Å². The maximum Gasteiger partial charge on any atom is 0.243 e. The van der Waals surface area contributed by atoms with Crippen molar-refractivity contribution in [3.63, 3.8) is 0 Å². The summed E-state index contributed by atoms with van der Waals surface area (Å²) >= 11 is 0. The van der Waals surface area contributed by atoms with Gasteiger partial charge in [0.25, 0.3) is 0 Å². The Kier molecular flexibility index (Phi) is 5.65. The van der Waals surface area contributed by atoms with Gasteiger partial charge in [0.05, 0.1) is 11.7 Å². The van der Waals surface area contributed by atoms with E-state index >= 15 is 0 Å². The second kappa shape index (κ2) is 8.78. The average Bonchev–Trinajstić information content (AvgIpc) is 3.46. The number of anilines is 1. The Bertz CT molecular complexity index is 1390. The molecule has 3 aromatic carbocycles. The zero-order valence-electron chi connectivity index (χ0n) is 18.9. The summed E-state index contributed by atoms with van der Waals surface area (Å²) in [5.41, 5.74) is 10.3. The maximum atomic E-state index is 13.3. The van der Waals surface area contributed by atoms with Crippen molar-refractivity contribution in [2.45, 2.75) is 32.4 Å². The number of carbonyl (C=O) groups excluding carboxylic acids is 2. The van der Waals surface area contributed by atoms with Gasteiger partial charge in [0, 0.05) is 16.5 Å². The topological polar surface area (TPSA) is 104 Å². The van der Waals surface area contributed by atoms with Crippen LogP contribution < -0.4 is 16.2 Å². The molecule has 7 nitrogen and oxygen atoms in total. The van der Waals surface area contributed by atoms with Gasteiger partial charge in [-0.15, -0.1) is 0 Å². The van der Waals surface area contributed by atoms with Crippen LogP contribution >= 0.6 is 0 Å². The van der Waals surface area contributed by atoms with Crippen molar-refractivity contribution in [1.29, 1.82) is 0 Å². The number of hydrogen-bond acceptors (Lipinski definition) is 6. The number of aromatic hydroxyl groups is 1. The van der Waals surface area contributed by atoms with Gasteiger partial charge in [-0.1, -0.05) is 59.7 Å². The predicted molar refractivity (Wildman–Crippen MR) is 130 cm³/mol. The molecule has 172 valence electrons. The molecule has 1 amide bonds. The summed E-state index contributed by atoms with van der Waals surface area (Å²) in [5, 5.41) is 13.8. The lowest BCUT2D eigenvalue weighted by Crippen LogP contribution is -2.39. The minimum absolute atomic E-state index is 0.0947. The third-order valence-corrected chi connectivity index (χ3v) is 6.14. The van der Waals surface area contributed by atoms with Crippen molar-refractivity contribution in [3.05, 3.63) is 94.7 Å². The van der Waals surface area contributed by atoms with Gasteiger partial charge in [-0.05, 0) is 38.5 Å². The number of nitrogens with one attached hydrogen (secondary N) is 3. The molecule has 2 unspecified atom stereocenters. The molecular formula is C27H25N3O4. The van der Waals surface area contributed by atoms with Gasteiger partial charge in [-0.3, -0.25) is 9.59 Å². The van der Waals surface area contributed by atoms with Crippen LogP contribution in [0.1, 0.15) is 45.3 Å². The molecule has 1 aromatic heterocycles. The van der Waals surface area contributed by atoms with E-state index in [1.54, 1.807) is 24.3 Å². The van der Waals surface area contributed by atoms with Crippen LogP contribution in [-0.2, 0) is 4.79 Å². The molecule has 4 aromatic rings. The predicted octanol–water partition coefficient (Wildman–Crippen LogP) is 4.53. The molecule has 34 heavy (non-hydrogen) atoms. The lowest BCUT2D eigenvalue weighted by molar-refractivity contribution is -0.117. The fraction of sp³-hybridized carbons (Fsp3) is 0.185. The number of para-hydroxylation sites is 1. The summed E-state index contributed by atoms with van der Waals surface area (Å²) < 4.78 is 5.90. The number of aryl methyl sites for hydroxylation is 2. The Balaban J connectivity index is 1.42. The first-order chi connectivity index (χ1) is 16.4. The van der Waals surface area contributed by atoms with Crippen molar-refractivity contribution in [1.82, 2.24) is 10.9 Å². The van der Waals surface area contributed by atoms with Crippen LogP contribution in [0.25, 0.3) is 11.0 Å². The molecule has 0 aliphatic carbocycles. The first-order valence-corrected chi connectivity index (χ1v) is 11.1. The normalized spacial score (nSPS) is 17.7. The fourth-order valence-electron chi connectivity index (χ4n) is 4.26. The minimum Gasteiger partial charge on any atom is -0.508 e. The Labute approximate surface area is 196 Å². The van der Waals surface area contributed by atoms with Gasteiger partial charge >= 0.3 is 0 Å². The van der Waals surface area contributed by atoms with Crippen LogP contribution in [0.15, 0.2) is 71.1 Å². The molecule has 2 atom stereocenters. The number of rotatable bonds is 5. The zero-order chi connectivity index (χ0) is 23.8. The molecule has 0 bridgehead atoms. The molecule has 4 N–H and O–H groups in total. The molecule has 0 spiro atoms. The number of amides is 1. The summed E-state index contributed by atoms with van der Waals surface area (Å²) in [5.74, 6) is -0.326. The third kappa shape index (κ3) is 4.07. The van der Waals surface area contributed by atoms with E-state index in [4.69, 9.17) is 4.42 Å². The number of carbonyl (C=O) groups is 2. The van der Waals surface area contributed by atoms with Crippen molar-refractivity contribution in [3.8, 4) is 5.75 Å². The molecular weight excluding hydrogens is 430 g/mol. The van der Waals surface area contributed by atoms with E-state index in [1.807, 2.05) is 56.3 Å². The molecule has 7 heteroatoms. The summed E-state index contributed by atoms with van der Waals surface area (Å²) in [4.78, 5) is 26.5. The molecule has 5 rings (SSSR count). The van der Waals surface area contributed by atoms with E-state index in [0.717, 1.165) is 16.7 Å². The molecule has 2 heterocycles. The number of ketones is 1. The average molecular weight is 456 g/mol. The Hall–Kier alpha value is -3.94. The zero-order valence-corrected chi connectivity index (χ0v) is 18.9. The van der Waals surface area contributed by atoms with Gasteiger partial charge in [0.2, 0.25) is 11.7 Å². The van der Waals surface area contributed by atoms with Crippen LogP contribution in [-0.4, -0.2) is 22.8 Å². The van der Waals surface area contributed by atoms with E-state index in [-0.39, 0.29) is 29.2 Å². The van der Waals surface area contributed by atoms with Crippen LogP contribution in [0.4, 0.5) is 5.69 Å². The highest BCUT2D eigenvalue weighted by molar-refractivity contribution is 6.17. The lowest BCUT2D eigenvalue weighted by Gasteiger charge is -2.13. The highest BCUT2D eigenvalue weighted by atomic mass is 16.3. The Morgan fingerprint density at radius 1 is 0.971 bits per heavy atom. The third-order valence-electron chi connectivity index (χ3n) is 6.14. The van der Waals surface area contributed by atoms with Crippen molar-refractivity contribution < 1.29 is 19.1 Å². The standard InChI is InChI=1S/C27H25N3O4/c1-15-7-10-17(11-8-15)25(32)26-24(18-5-3-4-6-23(18)34-26)28-27(33)21-14-20(29-30-21)19-13-16(2)9-12-22(19)31/h3-13,20-21,29-31H,14H2,1-2H3,(H,28,33). The highest BCUT2D eigenvalue weighted by Gasteiger charge is 2.33. The number of fused-ring (bicyclic) bond motifs is 1. The van der Waals surface area contributed by atoms with Gasteiger partial charge in [0.1, 0.15) is 17.4 Å². The highest BCUT2D eigenvalue weighted by Crippen LogP contribution is 2.34. The van der Waals surface area contributed by atoms with E-state index in [2.05, 4.69) is 16.2 Å². The Morgan fingerprint density at radius 3 is 2.50 bits per heavy atom. The number of benzene rings is 3. The number of hydrazine groups is 1. The van der Waals surface area contributed by atoms with Gasteiger partial charge in [-0.25, -0.2) is 10.9 Å². The lowest BCUT2D eigenvalue weighted by atomic mass is 9.99. The number of hydrogen-bond donors (Lipinski definition) is 4. The number of furan rings is 1. The summed E-state index contributed by atoms with van der Waals surface area (Å²) in [6.07, 6.45) is 0.430. The van der Waals surface area contributed by atoms with Crippen LogP contribution in [0, 0.1) is 13.8 Å². The number of phenols is 1. The summed E-state index contributed by atoms with van der Waals surface area (Å²) in [6.45, 7) is 3.90. The van der Waals surface area contributed by atoms with Crippen LogP contribution in [0.3, 0.4) is 0 Å². The molecule has 1 fully saturated rings. The van der Waals surface area contributed by atoms with E-state index in [1.165, 1.54) is 0 Å². The summed E-state index contributed by atoms with van der Waals surface area (Å²) in [6, 6.07) is 19.0. The molecule has 0 saturated carbocycles. The first-order valence-electron chi connectivity index (χ1n) is 11.1. The molecule has 0 radical (unpaired) electrons. The van der Waals surface area contributed by atoms with Gasteiger partial charge in [-0.2, -0.15) is 0 Å². The molecule has 1 aliphatic rings. The van der Waals surface area contributed by atoms with Crippen molar-refractivity contribution in [2.75, 3.05) is 5.32 Å². The van der Waals surface area contributed by atoms with Gasteiger partial charge in [0.15, 0.2) is 5.76 Å². The largest absolute Gasteiger partial charge is 0.508 e. The van der Waals surface area contributed by atoms with Gasteiger partial charge < -0.3 is 14.8 Å². The first kappa shape index (κ1) is 21.9. The van der Waals surface area contributed by atoms with Crippen molar-refractivity contribution in [2.24, 2.45) is 0 Å². The fourth-order valence-corrected chi connectivity index (χ4v) is 4.26. The van der Waals surface area contributed by atoms with Crippen LogP contribution in [0.5, 0.6) is 5.75 Å². The minimum atomic E-state index is -0.569. The van der Waals surface area contributed by atoms with Crippen LogP contribution in [0.2, 0.25) is 0 Å². The van der Waals surface area contributed by atoms with E-state index in [9.17, 15) is 14.7 Å².